The molecule has 0 heterocycles. The van der Waals surface area contributed by atoms with Crippen molar-refractivity contribution in [2.75, 3.05) is 0 Å². The summed E-state index contributed by atoms with van der Waals surface area (Å²) in [6.07, 6.45) is 0. The van der Waals surface area contributed by atoms with Gasteiger partial charge in [0.2, 0.25) is 11.6 Å². The minimum Gasteiger partial charge on any atom is -0.502 e. The van der Waals surface area contributed by atoms with E-state index in [1.165, 1.54) is 0 Å². The Morgan fingerprint density at radius 3 is 2.54 bits per heavy atom. The van der Waals surface area contributed by atoms with Crippen LogP contribution in [0.15, 0.2) is 10.5 Å². The fourth-order valence-corrected chi connectivity index (χ4v) is 1.05. The van der Waals surface area contributed by atoms with Gasteiger partial charge in [-0.15, -0.1) is 0 Å². The van der Waals surface area contributed by atoms with E-state index in [9.17, 15) is 18.9 Å². The standard InChI is InChI=1S/C6H2BrF2NO3/c7-4-2(8)1-3(11)6(5(4)9)10(12)13/h1,11H. The average Bonchev–Trinajstić information content (AvgIpc) is 1.99. The first-order chi connectivity index (χ1) is 5.95. The summed E-state index contributed by atoms with van der Waals surface area (Å²) >= 11 is 2.47. The molecule has 0 bridgehead atoms. The highest BCUT2D eigenvalue weighted by Crippen LogP contribution is 2.35. The molecule has 1 N–H and O–H groups in total. The van der Waals surface area contributed by atoms with E-state index in [0.717, 1.165) is 0 Å². The van der Waals surface area contributed by atoms with Gasteiger partial charge in [-0.2, -0.15) is 4.39 Å². The molecule has 0 radical (unpaired) electrons. The van der Waals surface area contributed by atoms with Gasteiger partial charge < -0.3 is 5.11 Å². The monoisotopic (exact) mass is 253 g/mol. The topological polar surface area (TPSA) is 63.4 Å². The maximum Gasteiger partial charge on any atom is 0.347 e. The van der Waals surface area contributed by atoms with Gasteiger partial charge in [-0.3, -0.25) is 10.1 Å². The molecule has 0 atom stereocenters. The van der Waals surface area contributed by atoms with Gasteiger partial charge in [0, 0.05) is 6.07 Å². The number of rotatable bonds is 1. The van der Waals surface area contributed by atoms with Crippen molar-refractivity contribution < 1.29 is 18.8 Å². The summed E-state index contributed by atoms with van der Waals surface area (Å²) in [4.78, 5) is 9.04. The van der Waals surface area contributed by atoms with Crippen LogP contribution in [0.2, 0.25) is 0 Å². The zero-order chi connectivity index (χ0) is 10.2. The maximum atomic E-state index is 12.9. The maximum absolute atomic E-state index is 12.9. The first kappa shape index (κ1) is 9.85. The lowest BCUT2D eigenvalue weighted by Gasteiger charge is -2.00. The number of phenolic OH excluding ortho intramolecular Hbond substituents is 1. The second kappa shape index (κ2) is 3.25. The van der Waals surface area contributed by atoms with Gasteiger partial charge in [0.05, 0.1) is 9.40 Å². The molecule has 0 saturated carbocycles. The highest BCUT2D eigenvalue weighted by Gasteiger charge is 2.25. The van der Waals surface area contributed by atoms with E-state index in [1.54, 1.807) is 0 Å². The van der Waals surface area contributed by atoms with Gasteiger partial charge in [-0.25, -0.2) is 4.39 Å². The number of nitro groups is 1. The van der Waals surface area contributed by atoms with Crippen LogP contribution >= 0.6 is 15.9 Å². The predicted octanol–water partition coefficient (Wildman–Crippen LogP) is 2.34. The summed E-state index contributed by atoms with van der Waals surface area (Å²) in [5.74, 6) is -3.56. The Morgan fingerprint density at radius 2 is 2.08 bits per heavy atom. The summed E-state index contributed by atoms with van der Waals surface area (Å²) < 4.78 is 24.8. The number of nitrogens with zero attached hydrogens (tertiary/aromatic N) is 1. The lowest BCUT2D eigenvalue weighted by atomic mass is 10.3. The third-order valence-electron chi connectivity index (χ3n) is 1.30. The highest BCUT2D eigenvalue weighted by atomic mass is 79.9. The molecule has 1 aromatic rings. The molecule has 0 amide bonds. The van der Waals surface area contributed by atoms with E-state index in [4.69, 9.17) is 5.11 Å². The van der Waals surface area contributed by atoms with Crippen molar-refractivity contribution in [3.05, 3.63) is 32.3 Å². The van der Waals surface area contributed by atoms with E-state index in [-0.39, 0.29) is 0 Å². The van der Waals surface area contributed by atoms with Crippen molar-refractivity contribution in [1.29, 1.82) is 0 Å². The minimum atomic E-state index is -1.43. The van der Waals surface area contributed by atoms with E-state index in [0.29, 0.717) is 6.07 Å². The highest BCUT2D eigenvalue weighted by molar-refractivity contribution is 9.10. The van der Waals surface area contributed by atoms with Gasteiger partial charge in [-0.05, 0) is 15.9 Å². The van der Waals surface area contributed by atoms with Gasteiger partial charge in [0.1, 0.15) is 5.82 Å². The van der Waals surface area contributed by atoms with Crippen molar-refractivity contribution in [3.63, 3.8) is 0 Å². The summed E-state index contributed by atoms with van der Waals surface area (Å²) in [5.41, 5.74) is -1.15. The van der Waals surface area contributed by atoms with Gasteiger partial charge in [0.15, 0.2) is 0 Å². The molecule has 1 rings (SSSR count). The van der Waals surface area contributed by atoms with Crippen LogP contribution in [0.3, 0.4) is 0 Å². The van der Waals surface area contributed by atoms with Crippen LogP contribution in [0.4, 0.5) is 14.5 Å². The Morgan fingerprint density at radius 1 is 1.54 bits per heavy atom. The second-order valence-electron chi connectivity index (χ2n) is 2.11. The van der Waals surface area contributed by atoms with Crippen molar-refractivity contribution in [1.82, 2.24) is 0 Å². The molecule has 7 heteroatoms. The van der Waals surface area contributed by atoms with Crippen molar-refractivity contribution >= 4 is 21.6 Å². The Labute approximate surface area is 79.1 Å². The van der Waals surface area contributed by atoms with E-state index in [1.807, 2.05) is 0 Å². The molecule has 0 aliphatic carbocycles. The number of benzene rings is 1. The molecule has 1 aromatic carbocycles. The molecule has 0 aliphatic heterocycles. The fourth-order valence-electron chi connectivity index (χ4n) is 0.747. The van der Waals surface area contributed by atoms with Crippen LogP contribution < -0.4 is 0 Å². The Balaban J connectivity index is 3.53. The van der Waals surface area contributed by atoms with Gasteiger partial charge in [-0.1, -0.05) is 0 Å². The van der Waals surface area contributed by atoms with Gasteiger partial charge >= 0.3 is 5.69 Å². The Kier molecular flexibility index (Phi) is 2.46. The van der Waals surface area contributed by atoms with E-state index >= 15 is 0 Å². The molecule has 13 heavy (non-hydrogen) atoms. The molecule has 0 aromatic heterocycles. The minimum absolute atomic E-state index is 0.464. The summed E-state index contributed by atoms with van der Waals surface area (Å²) in [6, 6.07) is 0.464. The van der Waals surface area contributed by atoms with E-state index in [2.05, 4.69) is 15.9 Å². The number of phenols is 1. The normalized spacial score (nSPS) is 10.1. The third-order valence-corrected chi connectivity index (χ3v) is 2.03. The van der Waals surface area contributed by atoms with Crippen LogP contribution in [0.1, 0.15) is 0 Å². The van der Waals surface area contributed by atoms with Crippen LogP contribution in [-0.2, 0) is 0 Å². The number of hydrogen-bond donors (Lipinski definition) is 1. The zero-order valence-electron chi connectivity index (χ0n) is 5.92. The van der Waals surface area contributed by atoms with Crippen LogP contribution in [0.25, 0.3) is 0 Å². The summed E-state index contributed by atoms with van der Waals surface area (Å²) in [6.45, 7) is 0. The summed E-state index contributed by atoms with van der Waals surface area (Å²) in [5, 5.41) is 19.0. The zero-order valence-corrected chi connectivity index (χ0v) is 7.51. The molecule has 0 saturated heterocycles. The molecule has 0 aliphatic rings. The molecule has 4 nitrogen and oxygen atoms in total. The lowest BCUT2D eigenvalue weighted by Crippen LogP contribution is -1.96. The molecule has 0 fully saturated rings. The van der Waals surface area contributed by atoms with Crippen LogP contribution in [-0.4, -0.2) is 10.0 Å². The van der Waals surface area contributed by atoms with Crippen molar-refractivity contribution in [2.24, 2.45) is 0 Å². The fraction of sp³-hybridized carbons (Fsp3) is 0. The third kappa shape index (κ3) is 1.59. The number of aromatic hydroxyl groups is 1. The molecule has 70 valence electrons. The van der Waals surface area contributed by atoms with Crippen molar-refractivity contribution in [3.8, 4) is 5.75 Å². The Bertz CT molecular complexity index is 383. The van der Waals surface area contributed by atoms with Crippen LogP contribution in [0, 0.1) is 21.7 Å². The lowest BCUT2D eigenvalue weighted by molar-refractivity contribution is -0.388. The number of nitro benzene ring substituents is 1. The number of halogens is 3. The van der Waals surface area contributed by atoms with Crippen LogP contribution in [0.5, 0.6) is 5.75 Å². The second-order valence-corrected chi connectivity index (χ2v) is 2.90. The Hall–Kier alpha value is -1.24. The predicted molar refractivity (Wildman–Crippen MR) is 42.4 cm³/mol. The largest absolute Gasteiger partial charge is 0.502 e. The average molecular weight is 254 g/mol. The van der Waals surface area contributed by atoms with E-state index < -0.39 is 32.5 Å². The molecule has 0 unspecified atom stereocenters. The molecular formula is C6H2BrF2NO3. The molecule has 0 spiro atoms. The van der Waals surface area contributed by atoms with Gasteiger partial charge in [0.25, 0.3) is 0 Å². The first-order valence-electron chi connectivity index (χ1n) is 2.96. The SMILES string of the molecule is O=[N+]([O-])c1c(O)cc(F)c(Br)c1F. The smallest absolute Gasteiger partial charge is 0.347 e. The van der Waals surface area contributed by atoms with Crippen molar-refractivity contribution in [2.45, 2.75) is 0 Å². The quantitative estimate of drug-likeness (QED) is 0.475. The molecular weight excluding hydrogens is 252 g/mol. The first-order valence-corrected chi connectivity index (χ1v) is 3.75. The number of hydrogen-bond acceptors (Lipinski definition) is 3. The summed E-state index contributed by atoms with van der Waals surface area (Å²) in [7, 11) is 0.